The highest BCUT2D eigenvalue weighted by Gasteiger charge is 2.51. The molecule has 0 aliphatic heterocycles. The molecule has 28 heavy (non-hydrogen) atoms. The van der Waals surface area contributed by atoms with Gasteiger partial charge in [0.05, 0.1) is 0 Å². The van der Waals surface area contributed by atoms with Gasteiger partial charge in [-0.25, -0.2) is 0 Å². The first kappa shape index (κ1) is 23.5. The van der Waals surface area contributed by atoms with Crippen LogP contribution in [0.15, 0.2) is 36.0 Å². The minimum Gasteiger partial charge on any atom is -0.396 e. The van der Waals surface area contributed by atoms with Gasteiger partial charge in [-0.3, -0.25) is 0 Å². The molecule has 1 fully saturated rings. The fraction of sp³-hybridized carbons (Fsp3) is 0.741. The van der Waals surface area contributed by atoms with Gasteiger partial charge in [0.25, 0.3) is 0 Å². The Morgan fingerprint density at radius 3 is 2.57 bits per heavy atom. The Balaban J connectivity index is 2.18. The highest BCUT2D eigenvalue weighted by Crippen LogP contribution is 2.59. The molecule has 0 amide bonds. The van der Waals surface area contributed by atoms with Crippen molar-refractivity contribution in [1.82, 2.24) is 0 Å². The summed E-state index contributed by atoms with van der Waals surface area (Å²) in [5, 5.41) is 9.48. The van der Waals surface area contributed by atoms with Crippen LogP contribution in [-0.2, 0) is 0 Å². The quantitative estimate of drug-likeness (QED) is 0.406. The lowest BCUT2D eigenvalue weighted by Gasteiger charge is -2.46. The molecule has 2 aliphatic carbocycles. The molecule has 1 radical (unpaired) electrons. The van der Waals surface area contributed by atoms with Crippen molar-refractivity contribution < 1.29 is 5.11 Å². The van der Waals surface area contributed by atoms with E-state index in [1.54, 1.807) is 0 Å². The summed E-state index contributed by atoms with van der Waals surface area (Å²) >= 11 is 0. The zero-order valence-corrected chi connectivity index (χ0v) is 19.4. The highest BCUT2D eigenvalue weighted by atomic mass is 16.3. The Morgan fingerprint density at radius 2 is 2.00 bits per heavy atom. The van der Waals surface area contributed by atoms with E-state index in [1.165, 1.54) is 30.4 Å². The van der Waals surface area contributed by atoms with E-state index >= 15 is 0 Å². The molecule has 0 unspecified atom stereocenters. The van der Waals surface area contributed by atoms with Gasteiger partial charge in [0.2, 0.25) is 0 Å². The average molecular weight is 386 g/mol. The fourth-order valence-electron chi connectivity index (χ4n) is 6.29. The molecule has 0 heterocycles. The summed E-state index contributed by atoms with van der Waals surface area (Å²) in [7, 11) is 0. The van der Waals surface area contributed by atoms with Crippen molar-refractivity contribution in [2.24, 2.45) is 34.5 Å². The van der Waals surface area contributed by atoms with Crippen molar-refractivity contribution in [3.63, 3.8) is 0 Å². The monoisotopic (exact) mass is 385 g/mol. The molecule has 1 nitrogen and oxygen atoms in total. The minimum absolute atomic E-state index is 0.158. The van der Waals surface area contributed by atoms with Crippen LogP contribution in [0.2, 0.25) is 0 Å². The van der Waals surface area contributed by atoms with Crippen molar-refractivity contribution in [3.05, 3.63) is 42.4 Å². The van der Waals surface area contributed by atoms with E-state index in [0.29, 0.717) is 17.3 Å². The molecule has 0 spiro atoms. The van der Waals surface area contributed by atoms with Crippen LogP contribution >= 0.6 is 0 Å². The largest absolute Gasteiger partial charge is 0.396 e. The van der Waals surface area contributed by atoms with Gasteiger partial charge in [0.15, 0.2) is 0 Å². The maximum absolute atomic E-state index is 9.48. The van der Waals surface area contributed by atoms with E-state index in [4.69, 9.17) is 0 Å². The van der Waals surface area contributed by atoms with E-state index < -0.39 is 0 Å². The SMILES string of the molecule is C=C(C)C/C=C/[C@@H](C)[C@H]1CC[C@@H]([C@H]2[CH][C@@](C)(CC)C(CCO)=CC2)[C@]1(C)CC. The van der Waals surface area contributed by atoms with E-state index in [-0.39, 0.29) is 12.0 Å². The van der Waals surface area contributed by atoms with Crippen molar-refractivity contribution in [1.29, 1.82) is 0 Å². The van der Waals surface area contributed by atoms with Gasteiger partial charge in [-0.2, -0.15) is 0 Å². The van der Waals surface area contributed by atoms with Crippen LogP contribution in [-0.4, -0.2) is 11.7 Å². The molecule has 2 aliphatic rings. The van der Waals surface area contributed by atoms with Crippen LogP contribution < -0.4 is 0 Å². The lowest BCUT2D eigenvalue weighted by atomic mass is 9.58. The molecule has 2 rings (SSSR count). The lowest BCUT2D eigenvalue weighted by Crippen LogP contribution is -2.39. The maximum Gasteiger partial charge on any atom is 0.0468 e. The van der Waals surface area contributed by atoms with Crippen molar-refractivity contribution in [2.75, 3.05) is 6.61 Å². The number of rotatable bonds is 9. The summed E-state index contributed by atoms with van der Waals surface area (Å²) < 4.78 is 0. The molecule has 1 saturated carbocycles. The smallest absolute Gasteiger partial charge is 0.0468 e. The molecule has 0 aromatic rings. The van der Waals surface area contributed by atoms with Gasteiger partial charge >= 0.3 is 0 Å². The molecule has 0 saturated heterocycles. The Kier molecular flexibility index (Phi) is 8.20. The number of allylic oxidation sites excluding steroid dienone is 4. The third-order valence-electron chi connectivity index (χ3n) is 8.37. The second kappa shape index (κ2) is 9.79. The third kappa shape index (κ3) is 4.84. The minimum atomic E-state index is 0.158. The summed E-state index contributed by atoms with van der Waals surface area (Å²) in [6, 6.07) is 0. The summed E-state index contributed by atoms with van der Waals surface area (Å²) in [6.45, 7) is 18.5. The molecule has 0 aromatic heterocycles. The van der Waals surface area contributed by atoms with Crippen LogP contribution in [0.1, 0.15) is 86.5 Å². The van der Waals surface area contributed by atoms with Crippen molar-refractivity contribution >= 4 is 0 Å². The molecule has 1 N–H and O–H groups in total. The molecular formula is C27H45O. The standard InChI is InChI=1S/C27H45O/c1-8-26(6)19-22(13-14-23(26)17-18-28)25-16-15-24(27(25,7)9-2)21(5)12-10-11-20(3)4/h10,12,14,19,21-22,24-25,28H,3,8-9,11,13,15-18H2,1-2,4-7H3/b12-10+/t21-,22-,24-,25+,26-,27-/m1/s1. The zero-order valence-electron chi connectivity index (χ0n) is 19.4. The van der Waals surface area contributed by atoms with Gasteiger partial charge in [-0.1, -0.05) is 77.0 Å². The normalized spacial score (nSPS) is 37.2. The van der Waals surface area contributed by atoms with Gasteiger partial charge in [0, 0.05) is 6.61 Å². The Labute approximate surface area is 175 Å². The number of aliphatic hydroxyl groups excluding tert-OH is 1. The van der Waals surface area contributed by atoms with E-state index in [2.05, 4.69) is 72.8 Å². The summed E-state index contributed by atoms with van der Waals surface area (Å²) in [6.07, 6.45) is 18.1. The molecular weight excluding hydrogens is 340 g/mol. The van der Waals surface area contributed by atoms with Crippen LogP contribution in [0.3, 0.4) is 0 Å². The summed E-state index contributed by atoms with van der Waals surface area (Å²) in [5.41, 5.74) is 3.26. The van der Waals surface area contributed by atoms with Gasteiger partial charge < -0.3 is 5.11 Å². The van der Waals surface area contributed by atoms with Gasteiger partial charge in [-0.05, 0) is 86.4 Å². The van der Waals surface area contributed by atoms with Crippen LogP contribution in [0, 0.1) is 40.9 Å². The second-order valence-corrected chi connectivity index (χ2v) is 10.1. The van der Waals surface area contributed by atoms with Gasteiger partial charge in [-0.15, -0.1) is 0 Å². The zero-order chi connectivity index (χ0) is 20.9. The number of hydrogen-bond donors (Lipinski definition) is 1. The van der Waals surface area contributed by atoms with Crippen LogP contribution in [0.25, 0.3) is 0 Å². The summed E-state index contributed by atoms with van der Waals surface area (Å²) in [5.74, 6) is 2.86. The Bertz CT molecular complexity index is 585. The van der Waals surface area contributed by atoms with Crippen molar-refractivity contribution in [3.8, 4) is 0 Å². The number of hydrogen-bond acceptors (Lipinski definition) is 1. The molecule has 0 bridgehead atoms. The van der Waals surface area contributed by atoms with E-state index in [9.17, 15) is 5.11 Å². The Hall–Kier alpha value is -0.820. The van der Waals surface area contributed by atoms with E-state index in [1.807, 2.05) is 0 Å². The predicted molar refractivity (Wildman–Crippen MR) is 123 cm³/mol. The highest BCUT2D eigenvalue weighted by molar-refractivity contribution is 5.25. The first-order valence-corrected chi connectivity index (χ1v) is 11.7. The number of aliphatic hydroxyl groups is 1. The maximum atomic E-state index is 9.48. The first-order valence-electron chi connectivity index (χ1n) is 11.7. The van der Waals surface area contributed by atoms with E-state index in [0.717, 1.165) is 37.5 Å². The second-order valence-electron chi connectivity index (χ2n) is 10.1. The Morgan fingerprint density at radius 1 is 1.29 bits per heavy atom. The fourth-order valence-corrected chi connectivity index (χ4v) is 6.29. The summed E-state index contributed by atoms with van der Waals surface area (Å²) in [4.78, 5) is 0. The first-order chi connectivity index (χ1) is 13.2. The lowest BCUT2D eigenvalue weighted by molar-refractivity contribution is 0.0841. The van der Waals surface area contributed by atoms with Crippen LogP contribution in [0.5, 0.6) is 0 Å². The molecule has 1 heteroatoms. The average Bonchev–Trinajstić information content (AvgIpc) is 3.01. The third-order valence-corrected chi connectivity index (χ3v) is 8.37. The van der Waals surface area contributed by atoms with Crippen LogP contribution in [0.4, 0.5) is 0 Å². The molecule has 6 atom stereocenters. The van der Waals surface area contributed by atoms with Gasteiger partial charge in [0.1, 0.15) is 0 Å². The topological polar surface area (TPSA) is 20.2 Å². The molecule has 0 aromatic carbocycles. The van der Waals surface area contributed by atoms with Crippen molar-refractivity contribution in [2.45, 2.75) is 86.5 Å². The predicted octanol–water partition coefficient (Wildman–Crippen LogP) is 7.54. The molecule has 159 valence electrons.